The van der Waals surface area contributed by atoms with Gasteiger partial charge in [-0.25, -0.2) is 0 Å². The van der Waals surface area contributed by atoms with Crippen LogP contribution in [-0.2, 0) is 0 Å². The summed E-state index contributed by atoms with van der Waals surface area (Å²) in [6.45, 7) is 3.59. The number of anilines is 1. The molecule has 0 saturated carbocycles. The Labute approximate surface area is 166 Å². The summed E-state index contributed by atoms with van der Waals surface area (Å²) >= 11 is 6.17. The van der Waals surface area contributed by atoms with E-state index in [1.807, 2.05) is 6.92 Å². The number of nitrogens with two attached hydrogens (primary N) is 1. The van der Waals surface area contributed by atoms with Crippen molar-refractivity contribution >= 4 is 23.2 Å². The SMILES string of the molecule is CC#C[C@H](C)Oc1cc(N)c(Cl)cc1C(=O)NC1CC2CCC(C1)[N+]2(C)C. The number of nitrogens with one attached hydrogen (secondary N) is 1. The number of ether oxygens (including phenoxy) is 1. The van der Waals surface area contributed by atoms with Gasteiger partial charge in [0.2, 0.25) is 0 Å². The standard InChI is InChI=1S/C21H28ClN3O2/c1-5-6-13(2)27-20-12-19(23)18(22)11-17(20)21(26)24-14-9-15-7-8-16(10-14)25(15,3)4/h11-16H,7-10H2,1-4H3,(H2-,23,24,26)/p+1/t13-,14?,15?,16?/m0/s1. The quantitative estimate of drug-likeness (QED) is 0.471. The highest BCUT2D eigenvalue weighted by Gasteiger charge is 2.49. The van der Waals surface area contributed by atoms with Crippen LogP contribution in [0.5, 0.6) is 5.75 Å². The summed E-state index contributed by atoms with van der Waals surface area (Å²) in [5.74, 6) is 5.99. The number of hydrogen-bond donors (Lipinski definition) is 2. The van der Waals surface area contributed by atoms with E-state index in [1.165, 1.54) is 12.8 Å². The number of benzene rings is 1. The van der Waals surface area contributed by atoms with Gasteiger partial charge >= 0.3 is 0 Å². The van der Waals surface area contributed by atoms with Gasteiger partial charge in [0.05, 0.1) is 42.5 Å². The van der Waals surface area contributed by atoms with Crippen molar-refractivity contribution in [3.8, 4) is 17.6 Å². The van der Waals surface area contributed by atoms with E-state index in [-0.39, 0.29) is 18.1 Å². The zero-order valence-corrected chi connectivity index (χ0v) is 17.3. The average molecular weight is 391 g/mol. The van der Waals surface area contributed by atoms with Crippen molar-refractivity contribution in [2.24, 2.45) is 0 Å². The first-order valence-electron chi connectivity index (χ1n) is 9.54. The van der Waals surface area contributed by atoms with Crippen LogP contribution in [0, 0.1) is 11.8 Å². The van der Waals surface area contributed by atoms with Gasteiger partial charge in [0.1, 0.15) is 5.75 Å². The number of rotatable bonds is 4. The molecule has 0 aliphatic carbocycles. The average Bonchev–Trinajstić information content (AvgIpc) is 2.75. The maximum absolute atomic E-state index is 13.0. The molecule has 1 amide bonds. The Bertz CT molecular complexity index is 781. The van der Waals surface area contributed by atoms with Gasteiger partial charge in [0.25, 0.3) is 5.91 Å². The largest absolute Gasteiger partial charge is 0.477 e. The zero-order valence-electron chi connectivity index (χ0n) is 16.5. The molecule has 0 aromatic heterocycles. The van der Waals surface area contributed by atoms with E-state index >= 15 is 0 Å². The predicted octanol–water partition coefficient (Wildman–Crippen LogP) is 3.21. The Hall–Kier alpha value is -1.90. The number of fused-ring (bicyclic) bond motifs is 2. The van der Waals surface area contributed by atoms with E-state index in [1.54, 1.807) is 19.1 Å². The van der Waals surface area contributed by atoms with Crippen LogP contribution in [0.15, 0.2) is 12.1 Å². The van der Waals surface area contributed by atoms with Crippen LogP contribution in [0.2, 0.25) is 5.02 Å². The minimum Gasteiger partial charge on any atom is -0.477 e. The van der Waals surface area contributed by atoms with Gasteiger partial charge in [0.15, 0.2) is 6.10 Å². The Morgan fingerprint density at radius 2 is 1.96 bits per heavy atom. The minimum atomic E-state index is -0.342. The molecular weight excluding hydrogens is 362 g/mol. The minimum absolute atomic E-state index is 0.167. The molecule has 3 rings (SSSR count). The molecule has 1 aromatic carbocycles. The number of carbonyl (C=O) groups is 1. The van der Waals surface area contributed by atoms with Gasteiger partial charge in [-0.2, -0.15) is 0 Å². The summed E-state index contributed by atoms with van der Waals surface area (Å²) < 4.78 is 6.91. The third kappa shape index (κ3) is 4.02. The topological polar surface area (TPSA) is 64.3 Å². The van der Waals surface area contributed by atoms with E-state index in [9.17, 15) is 4.79 Å². The first kappa shape index (κ1) is 19.9. The molecule has 2 bridgehead atoms. The third-order valence-corrected chi connectivity index (χ3v) is 6.49. The molecular formula is C21H29ClN3O2+. The number of quaternary nitrogens is 1. The molecule has 0 radical (unpaired) electrons. The first-order chi connectivity index (χ1) is 12.7. The molecule has 2 heterocycles. The van der Waals surface area contributed by atoms with Crippen molar-refractivity contribution < 1.29 is 14.0 Å². The van der Waals surface area contributed by atoms with Crippen LogP contribution in [0.3, 0.4) is 0 Å². The van der Waals surface area contributed by atoms with Crippen molar-refractivity contribution in [2.45, 2.75) is 63.8 Å². The molecule has 3 atom stereocenters. The lowest BCUT2D eigenvalue weighted by Gasteiger charge is -2.44. The number of nitrogens with zero attached hydrogens (tertiary/aromatic N) is 1. The fourth-order valence-electron chi connectivity index (χ4n) is 4.53. The predicted molar refractivity (Wildman–Crippen MR) is 109 cm³/mol. The van der Waals surface area contributed by atoms with Gasteiger partial charge in [-0.1, -0.05) is 17.5 Å². The van der Waals surface area contributed by atoms with Gasteiger partial charge in [0, 0.05) is 37.8 Å². The van der Waals surface area contributed by atoms with Crippen molar-refractivity contribution in [3.63, 3.8) is 0 Å². The van der Waals surface area contributed by atoms with Crippen LogP contribution in [0.25, 0.3) is 0 Å². The van der Waals surface area contributed by atoms with Crippen molar-refractivity contribution in [2.75, 3.05) is 19.8 Å². The molecule has 2 unspecified atom stereocenters. The highest BCUT2D eigenvalue weighted by atomic mass is 35.5. The molecule has 1 aromatic rings. The second-order valence-corrected chi connectivity index (χ2v) is 8.59. The molecule has 2 aliphatic rings. The smallest absolute Gasteiger partial charge is 0.255 e. The van der Waals surface area contributed by atoms with Crippen LogP contribution < -0.4 is 15.8 Å². The van der Waals surface area contributed by atoms with Crippen LogP contribution >= 0.6 is 11.6 Å². The van der Waals surface area contributed by atoms with E-state index < -0.39 is 0 Å². The van der Waals surface area contributed by atoms with Crippen molar-refractivity contribution in [1.29, 1.82) is 0 Å². The maximum atomic E-state index is 13.0. The van der Waals surface area contributed by atoms with Gasteiger partial charge in [-0.3, -0.25) is 4.79 Å². The summed E-state index contributed by atoms with van der Waals surface area (Å²) in [4.78, 5) is 13.0. The second-order valence-electron chi connectivity index (χ2n) is 8.18. The number of halogens is 1. The lowest BCUT2D eigenvalue weighted by molar-refractivity contribution is -0.930. The summed E-state index contributed by atoms with van der Waals surface area (Å²) in [5.41, 5.74) is 6.71. The number of carbonyl (C=O) groups excluding carboxylic acids is 1. The lowest BCUT2D eigenvalue weighted by atomic mass is 9.95. The lowest BCUT2D eigenvalue weighted by Crippen LogP contribution is -2.58. The third-order valence-electron chi connectivity index (χ3n) is 6.16. The fraction of sp³-hybridized carbons (Fsp3) is 0.571. The Morgan fingerprint density at radius 3 is 2.56 bits per heavy atom. The van der Waals surface area contributed by atoms with E-state index in [0.717, 1.165) is 17.3 Å². The van der Waals surface area contributed by atoms with Crippen molar-refractivity contribution in [1.82, 2.24) is 5.32 Å². The Kier molecular flexibility index (Phi) is 5.60. The maximum Gasteiger partial charge on any atom is 0.255 e. The summed E-state index contributed by atoms with van der Waals surface area (Å²) in [7, 11) is 4.62. The summed E-state index contributed by atoms with van der Waals surface area (Å²) in [6.07, 6.45) is 4.14. The summed E-state index contributed by atoms with van der Waals surface area (Å²) in [5, 5.41) is 3.55. The van der Waals surface area contributed by atoms with Crippen LogP contribution in [-0.4, -0.2) is 48.7 Å². The Morgan fingerprint density at radius 1 is 1.33 bits per heavy atom. The van der Waals surface area contributed by atoms with E-state index in [0.29, 0.717) is 34.1 Å². The molecule has 27 heavy (non-hydrogen) atoms. The monoisotopic (exact) mass is 390 g/mol. The molecule has 3 N–H and O–H groups in total. The Balaban J connectivity index is 1.78. The number of piperidine rings is 1. The highest BCUT2D eigenvalue weighted by molar-refractivity contribution is 6.33. The first-order valence-corrected chi connectivity index (χ1v) is 9.92. The van der Waals surface area contributed by atoms with Crippen molar-refractivity contribution in [3.05, 3.63) is 22.7 Å². The number of amides is 1. The molecule has 2 aliphatic heterocycles. The molecule has 2 saturated heterocycles. The normalized spacial score (nSPS) is 26.6. The van der Waals surface area contributed by atoms with Gasteiger partial charge < -0.3 is 20.3 Å². The zero-order chi connectivity index (χ0) is 19.8. The molecule has 2 fully saturated rings. The fourth-order valence-corrected chi connectivity index (χ4v) is 4.69. The number of hydrogen-bond acceptors (Lipinski definition) is 3. The molecule has 0 spiro atoms. The molecule has 146 valence electrons. The molecule has 5 nitrogen and oxygen atoms in total. The van der Waals surface area contributed by atoms with Crippen LogP contribution in [0.4, 0.5) is 5.69 Å². The second kappa shape index (κ2) is 7.61. The van der Waals surface area contributed by atoms with Crippen LogP contribution in [0.1, 0.15) is 49.9 Å². The van der Waals surface area contributed by atoms with Gasteiger partial charge in [-0.05, 0) is 19.9 Å². The van der Waals surface area contributed by atoms with Gasteiger partial charge in [-0.15, -0.1) is 5.92 Å². The van der Waals surface area contributed by atoms with E-state index in [4.69, 9.17) is 22.1 Å². The summed E-state index contributed by atoms with van der Waals surface area (Å²) in [6, 6.07) is 4.60. The van der Waals surface area contributed by atoms with E-state index in [2.05, 4.69) is 31.3 Å². The molecule has 6 heteroatoms. The highest BCUT2D eigenvalue weighted by Crippen LogP contribution is 2.39. The number of nitrogen functional groups attached to an aromatic ring is 1.